The Balaban J connectivity index is 2.31. The van der Waals surface area contributed by atoms with Gasteiger partial charge in [-0.25, -0.2) is 0 Å². The molecule has 0 saturated carbocycles. The summed E-state index contributed by atoms with van der Waals surface area (Å²) in [6.07, 6.45) is -0.829. The molecule has 2 heterocycles. The predicted octanol–water partition coefficient (Wildman–Crippen LogP) is -1.27. The molecule has 1 aliphatic heterocycles. The summed E-state index contributed by atoms with van der Waals surface area (Å²) >= 11 is 0. The van der Waals surface area contributed by atoms with Crippen molar-refractivity contribution in [1.29, 1.82) is 0 Å². The maximum absolute atomic E-state index is 12.4. The highest BCUT2D eigenvalue weighted by atomic mass is 16.6. The lowest BCUT2D eigenvalue weighted by Gasteiger charge is -2.24. The van der Waals surface area contributed by atoms with Crippen molar-refractivity contribution in [2.45, 2.75) is 26.3 Å². The topological polar surface area (TPSA) is 117 Å². The number of ether oxygens (including phenoxy) is 1. The average Bonchev–Trinajstić information content (AvgIpc) is 2.76. The maximum Gasteiger partial charge on any atom is 0.280 e. The van der Waals surface area contributed by atoms with Crippen molar-refractivity contribution in [1.82, 2.24) is 9.55 Å². The normalized spacial score (nSPS) is 15.4. The molecule has 1 aromatic rings. The number of aliphatic hydroxyl groups excluding tert-OH is 2. The van der Waals surface area contributed by atoms with E-state index in [4.69, 9.17) is 15.6 Å². The first kappa shape index (κ1) is 15.5. The second-order valence-corrected chi connectivity index (χ2v) is 4.78. The molecule has 0 radical (unpaired) electrons. The van der Waals surface area contributed by atoms with Gasteiger partial charge in [-0.3, -0.25) is 14.3 Å². The first-order valence-corrected chi connectivity index (χ1v) is 6.79. The van der Waals surface area contributed by atoms with Crippen LogP contribution in [0, 0.1) is 0 Å². The fourth-order valence-electron chi connectivity index (χ4n) is 2.27. The summed E-state index contributed by atoms with van der Waals surface area (Å²) in [6, 6.07) is 0. The van der Waals surface area contributed by atoms with E-state index in [-0.39, 0.29) is 31.4 Å². The second-order valence-electron chi connectivity index (χ2n) is 4.78. The number of nitrogen functional groups attached to an aromatic ring is 1. The minimum atomic E-state index is -1.25. The molecule has 0 spiro atoms. The molecule has 0 aliphatic carbocycles. The summed E-state index contributed by atoms with van der Waals surface area (Å²) < 4.78 is 6.59. The zero-order valence-electron chi connectivity index (χ0n) is 12.2. The van der Waals surface area contributed by atoms with Gasteiger partial charge < -0.3 is 25.6 Å². The van der Waals surface area contributed by atoms with Gasteiger partial charge in [-0.15, -0.1) is 0 Å². The van der Waals surface area contributed by atoms with Gasteiger partial charge in [-0.05, 0) is 13.3 Å². The molecule has 1 aromatic heterocycles. The van der Waals surface area contributed by atoms with Crippen LogP contribution in [0.5, 0.6) is 0 Å². The molecule has 4 N–H and O–H groups in total. The van der Waals surface area contributed by atoms with Crippen LogP contribution in [0.1, 0.15) is 13.3 Å². The van der Waals surface area contributed by atoms with E-state index in [1.165, 1.54) is 9.47 Å². The Morgan fingerprint density at radius 2 is 2.24 bits per heavy atom. The van der Waals surface area contributed by atoms with E-state index in [1.54, 1.807) is 11.9 Å². The number of aliphatic hydroxyl groups is 2. The third-order valence-electron chi connectivity index (χ3n) is 3.33. The van der Waals surface area contributed by atoms with E-state index in [9.17, 15) is 9.90 Å². The van der Waals surface area contributed by atoms with Gasteiger partial charge in [0.2, 0.25) is 12.4 Å². The fourth-order valence-corrected chi connectivity index (χ4v) is 2.27. The minimum Gasteiger partial charge on any atom is -0.396 e. The Kier molecular flexibility index (Phi) is 4.66. The summed E-state index contributed by atoms with van der Waals surface area (Å²) in [5.74, 6) is 0.408. The lowest BCUT2D eigenvalue weighted by atomic mass is 10.4. The molecular weight excluding hydrogens is 278 g/mol. The zero-order chi connectivity index (χ0) is 15.6. The van der Waals surface area contributed by atoms with Gasteiger partial charge in [0.15, 0.2) is 5.82 Å². The van der Waals surface area contributed by atoms with E-state index < -0.39 is 6.41 Å². The van der Waals surface area contributed by atoms with Crippen molar-refractivity contribution in [2.24, 2.45) is 0 Å². The van der Waals surface area contributed by atoms with Crippen molar-refractivity contribution < 1.29 is 14.9 Å². The Labute approximate surface area is 122 Å². The van der Waals surface area contributed by atoms with E-state index in [0.29, 0.717) is 24.5 Å². The smallest absolute Gasteiger partial charge is 0.280 e. The molecule has 9 heteroatoms. The molecule has 0 amide bonds. The highest BCUT2D eigenvalue weighted by Gasteiger charge is 2.33. The van der Waals surface area contributed by atoms with Crippen LogP contribution < -0.4 is 21.1 Å². The molecule has 21 heavy (non-hydrogen) atoms. The standard InChI is InChI=1S/C12H21N5O4/c1-3-16-10(19)8-9(14-11(16)13)17(7-15(8)2)12(20)21-6-4-5-18/h12,18,20H,3-7H2,1-2H3,(H2,13,14). The number of nitrogens with zero attached hydrogens (tertiary/aromatic N) is 4. The van der Waals surface area contributed by atoms with Crippen LogP contribution in [0.25, 0.3) is 0 Å². The summed E-state index contributed by atoms with van der Waals surface area (Å²) in [7, 11) is 1.73. The van der Waals surface area contributed by atoms with Crippen LogP contribution in [-0.4, -0.2) is 53.1 Å². The Hall–Kier alpha value is -1.84. The van der Waals surface area contributed by atoms with Gasteiger partial charge in [-0.2, -0.15) is 4.98 Å². The summed E-state index contributed by atoms with van der Waals surface area (Å²) in [5, 5.41) is 18.8. The van der Waals surface area contributed by atoms with Gasteiger partial charge in [0.1, 0.15) is 5.69 Å². The number of aromatic nitrogens is 2. The van der Waals surface area contributed by atoms with Gasteiger partial charge in [0.05, 0.1) is 13.3 Å². The highest BCUT2D eigenvalue weighted by Crippen LogP contribution is 2.31. The van der Waals surface area contributed by atoms with Crippen molar-refractivity contribution in [2.75, 3.05) is 42.5 Å². The minimum absolute atomic E-state index is 0.0182. The number of hydrogen-bond acceptors (Lipinski definition) is 8. The zero-order valence-corrected chi connectivity index (χ0v) is 12.2. The quantitative estimate of drug-likeness (QED) is 0.440. The lowest BCUT2D eigenvalue weighted by Crippen LogP contribution is -2.39. The van der Waals surface area contributed by atoms with Crippen LogP contribution in [0.3, 0.4) is 0 Å². The van der Waals surface area contributed by atoms with Crippen LogP contribution in [0.2, 0.25) is 0 Å². The molecular formula is C12H21N5O4. The fraction of sp³-hybridized carbons (Fsp3) is 0.667. The molecule has 2 rings (SSSR count). The number of rotatable bonds is 6. The first-order chi connectivity index (χ1) is 10.0. The summed E-state index contributed by atoms with van der Waals surface area (Å²) in [6.45, 7) is 2.69. The van der Waals surface area contributed by atoms with Gasteiger partial charge in [0, 0.05) is 20.2 Å². The number of hydrogen-bond donors (Lipinski definition) is 3. The molecule has 1 atom stereocenters. The highest BCUT2D eigenvalue weighted by molar-refractivity contribution is 5.72. The van der Waals surface area contributed by atoms with Crippen LogP contribution in [-0.2, 0) is 11.3 Å². The molecule has 1 unspecified atom stereocenters. The molecule has 0 fully saturated rings. The monoisotopic (exact) mass is 299 g/mol. The maximum atomic E-state index is 12.4. The second kappa shape index (κ2) is 6.29. The summed E-state index contributed by atoms with van der Waals surface area (Å²) in [5.41, 5.74) is 5.93. The van der Waals surface area contributed by atoms with Crippen LogP contribution >= 0.6 is 0 Å². The van der Waals surface area contributed by atoms with Gasteiger partial charge in [0.25, 0.3) is 5.56 Å². The van der Waals surface area contributed by atoms with Crippen molar-refractivity contribution >= 4 is 17.5 Å². The van der Waals surface area contributed by atoms with E-state index >= 15 is 0 Å². The molecule has 9 nitrogen and oxygen atoms in total. The van der Waals surface area contributed by atoms with Crippen molar-refractivity contribution in [3.05, 3.63) is 10.4 Å². The van der Waals surface area contributed by atoms with E-state index in [1.807, 2.05) is 6.92 Å². The van der Waals surface area contributed by atoms with E-state index in [2.05, 4.69) is 4.98 Å². The largest absolute Gasteiger partial charge is 0.396 e. The molecule has 0 aromatic carbocycles. The molecule has 0 saturated heterocycles. The third-order valence-corrected chi connectivity index (χ3v) is 3.33. The predicted molar refractivity (Wildman–Crippen MR) is 78.0 cm³/mol. The molecule has 1 aliphatic rings. The van der Waals surface area contributed by atoms with Crippen LogP contribution in [0.4, 0.5) is 17.5 Å². The lowest BCUT2D eigenvalue weighted by molar-refractivity contribution is -0.101. The molecule has 0 bridgehead atoms. The average molecular weight is 299 g/mol. The third kappa shape index (κ3) is 2.80. The van der Waals surface area contributed by atoms with Crippen LogP contribution in [0.15, 0.2) is 4.79 Å². The van der Waals surface area contributed by atoms with Crippen molar-refractivity contribution in [3.63, 3.8) is 0 Å². The molecule has 118 valence electrons. The van der Waals surface area contributed by atoms with Crippen molar-refractivity contribution in [3.8, 4) is 0 Å². The van der Waals surface area contributed by atoms with E-state index in [0.717, 1.165) is 0 Å². The van der Waals surface area contributed by atoms with Gasteiger partial charge >= 0.3 is 0 Å². The number of fused-ring (bicyclic) bond motifs is 1. The number of nitrogens with two attached hydrogens (primary N) is 1. The summed E-state index contributed by atoms with van der Waals surface area (Å²) in [4.78, 5) is 19.7. The Morgan fingerprint density at radius 1 is 1.52 bits per heavy atom. The SMILES string of the molecule is CCn1c(N)nc2c(c1=O)N(C)CN2C(O)OCCCO. The number of anilines is 3. The first-order valence-electron chi connectivity index (χ1n) is 6.79. The Bertz CT molecular complexity index is 561. The Morgan fingerprint density at radius 3 is 2.86 bits per heavy atom. The van der Waals surface area contributed by atoms with Gasteiger partial charge in [-0.1, -0.05) is 0 Å².